The van der Waals surface area contributed by atoms with Crippen LogP contribution in [-0.4, -0.2) is 14.4 Å². The predicted molar refractivity (Wildman–Crippen MR) is 114 cm³/mol. The monoisotopic (exact) mass is 420 g/mol. The Morgan fingerprint density at radius 2 is 1.63 bits per heavy atom. The summed E-state index contributed by atoms with van der Waals surface area (Å²) < 4.78 is 0.972. The molecule has 0 aliphatic carbocycles. The molecule has 0 saturated carbocycles. The van der Waals surface area contributed by atoms with Crippen LogP contribution in [0, 0.1) is 19.9 Å². The molecule has 0 radical (unpaired) electrons. The first kappa shape index (κ1) is 22.9. The summed E-state index contributed by atoms with van der Waals surface area (Å²) in [5.41, 5.74) is 5.35. The van der Waals surface area contributed by atoms with E-state index in [1.807, 2.05) is 38.1 Å². The largest absolute Gasteiger partial charge is 0.344 e. The van der Waals surface area contributed by atoms with E-state index in [1.54, 1.807) is 6.20 Å². The zero-order valence-electron chi connectivity index (χ0n) is 15.6. The molecule has 0 aliphatic heterocycles. The Labute approximate surface area is 174 Å². The molecule has 2 heterocycles. The Balaban J connectivity index is 0.000000313. The van der Waals surface area contributed by atoms with Crippen molar-refractivity contribution in [1.82, 2.24) is 16.1 Å². The molecule has 4 aromatic rings. The minimum atomic E-state index is 0. The Bertz CT molecular complexity index is 1050. The van der Waals surface area contributed by atoms with Gasteiger partial charge in [0.2, 0.25) is 0 Å². The number of hydrogen-bond acceptors (Lipinski definition) is 3. The van der Waals surface area contributed by atoms with Gasteiger partial charge in [-0.3, -0.25) is 0 Å². The van der Waals surface area contributed by atoms with Gasteiger partial charge in [-0.2, -0.15) is 35.4 Å². The molecule has 0 amide bonds. The van der Waals surface area contributed by atoms with Gasteiger partial charge in [0.05, 0.1) is 0 Å². The van der Waals surface area contributed by atoms with Crippen LogP contribution in [0.5, 0.6) is 0 Å². The molecule has 4 rings (SSSR count). The number of halogens is 1. The molecule has 0 atom stereocenters. The predicted octanol–water partition coefficient (Wildman–Crippen LogP) is 5.56. The Morgan fingerprint density at radius 3 is 2.22 bits per heavy atom. The number of hydrogen-bond donors (Lipinski definition) is 1. The van der Waals surface area contributed by atoms with Crippen molar-refractivity contribution in [1.29, 1.82) is 0 Å². The zero-order chi connectivity index (χ0) is 17.8. The number of rotatable bonds is 1. The van der Waals surface area contributed by atoms with Crippen molar-refractivity contribution in [3.05, 3.63) is 83.7 Å². The number of aromatic nitrogens is 2. The summed E-state index contributed by atoms with van der Waals surface area (Å²) >= 11 is 3.93. The fourth-order valence-electron chi connectivity index (χ4n) is 2.65. The number of nitrogens with zero attached hydrogens (tertiary/aromatic N) is 2. The number of fused-ring (bicyclic) bond motifs is 3. The first-order valence-corrected chi connectivity index (χ1v) is 8.67. The van der Waals surface area contributed by atoms with E-state index in [1.165, 1.54) is 11.1 Å². The third-order valence-electron chi connectivity index (χ3n) is 3.88. The Hall–Kier alpha value is -2.10. The molecule has 0 aliphatic rings. The second kappa shape index (κ2) is 10.3. The molecule has 27 heavy (non-hydrogen) atoms. The van der Waals surface area contributed by atoms with Gasteiger partial charge in [0.15, 0.2) is 0 Å². The average molecular weight is 421 g/mol. The SMILES string of the molecule is C[C](=[Fe+])c1ccc2ccc3cccnc3c2n1.Cc1[c-]ccc(C)c1.Cl.N. The first-order valence-electron chi connectivity index (χ1n) is 8.12. The van der Waals surface area contributed by atoms with Gasteiger partial charge in [0.1, 0.15) is 0 Å². The second-order valence-corrected chi connectivity index (χ2v) is 6.80. The zero-order valence-corrected chi connectivity index (χ0v) is 17.6. The van der Waals surface area contributed by atoms with Crippen LogP contribution in [-0.2, 0) is 15.6 Å². The van der Waals surface area contributed by atoms with E-state index < -0.39 is 0 Å². The average Bonchev–Trinajstić information content (AvgIpc) is 2.61. The molecule has 5 heteroatoms. The molecule has 0 bridgehead atoms. The Morgan fingerprint density at radius 1 is 0.963 bits per heavy atom. The van der Waals surface area contributed by atoms with Crippen molar-refractivity contribution in [2.24, 2.45) is 0 Å². The summed E-state index contributed by atoms with van der Waals surface area (Å²) in [6.07, 6.45) is 1.80. The number of pyridine rings is 2. The maximum Gasteiger partial charge on any atom is -0.0626 e. The van der Waals surface area contributed by atoms with E-state index in [-0.39, 0.29) is 18.6 Å². The van der Waals surface area contributed by atoms with Crippen molar-refractivity contribution in [3.8, 4) is 0 Å². The van der Waals surface area contributed by atoms with Crippen molar-refractivity contribution in [2.45, 2.75) is 20.8 Å². The molecule has 0 fully saturated rings. The number of benzene rings is 2. The fraction of sp³-hybridized carbons (Fsp3) is 0.136. The Kier molecular flexibility index (Phi) is 8.74. The molecular weight excluding hydrogens is 398 g/mol. The van der Waals surface area contributed by atoms with Gasteiger partial charge < -0.3 is 6.15 Å². The number of aryl methyl sites for hydroxylation is 2. The van der Waals surface area contributed by atoms with Crippen molar-refractivity contribution >= 4 is 38.6 Å². The molecule has 0 unspecified atom stereocenters. The van der Waals surface area contributed by atoms with Crippen LogP contribution in [0.2, 0.25) is 0 Å². The minimum Gasteiger partial charge on any atom is -0.344 e. The normalized spacial score (nSPS) is 9.59. The van der Waals surface area contributed by atoms with Crippen LogP contribution in [0.15, 0.2) is 60.8 Å². The summed E-state index contributed by atoms with van der Waals surface area (Å²) in [6, 6.07) is 21.4. The van der Waals surface area contributed by atoms with Gasteiger partial charge in [-0.05, 0) is 0 Å². The van der Waals surface area contributed by atoms with Gasteiger partial charge in [-0.25, -0.2) is 0 Å². The van der Waals surface area contributed by atoms with Crippen molar-refractivity contribution in [2.75, 3.05) is 0 Å². The van der Waals surface area contributed by atoms with E-state index in [2.05, 4.69) is 68.9 Å². The molecule has 141 valence electrons. The fourth-order valence-corrected chi connectivity index (χ4v) is 2.80. The van der Waals surface area contributed by atoms with E-state index in [4.69, 9.17) is 0 Å². The van der Waals surface area contributed by atoms with Gasteiger partial charge in [-0.1, -0.05) is 13.8 Å². The topological polar surface area (TPSA) is 60.8 Å². The quantitative estimate of drug-likeness (QED) is 0.249. The maximum atomic E-state index is 4.64. The third kappa shape index (κ3) is 5.69. The van der Waals surface area contributed by atoms with Crippen LogP contribution in [0.3, 0.4) is 0 Å². The molecule has 3 N–H and O–H groups in total. The minimum absolute atomic E-state index is 0. The van der Waals surface area contributed by atoms with E-state index in [9.17, 15) is 0 Å². The maximum absolute atomic E-state index is 4.64. The van der Waals surface area contributed by atoms with Crippen LogP contribution in [0.1, 0.15) is 23.7 Å². The molecular formula is C22H23ClFeN3. The van der Waals surface area contributed by atoms with Crippen LogP contribution < -0.4 is 6.15 Å². The summed E-state index contributed by atoms with van der Waals surface area (Å²) in [4.78, 5) is 9.06. The van der Waals surface area contributed by atoms with Gasteiger partial charge >= 0.3 is 107 Å². The molecule has 2 aromatic heterocycles. The molecule has 0 spiro atoms. The summed E-state index contributed by atoms with van der Waals surface area (Å²) in [7, 11) is 0. The third-order valence-corrected chi connectivity index (χ3v) is 4.16. The first-order chi connectivity index (χ1) is 12.0. The van der Waals surface area contributed by atoms with E-state index in [0.717, 1.165) is 31.9 Å². The summed E-state index contributed by atoms with van der Waals surface area (Å²) in [6.45, 7) is 6.10. The molecule has 3 nitrogen and oxygen atoms in total. The van der Waals surface area contributed by atoms with Gasteiger partial charge in [-0.15, -0.1) is 12.4 Å². The molecule has 0 saturated heterocycles. The smallest absolute Gasteiger partial charge is 0.0626 e. The van der Waals surface area contributed by atoms with Gasteiger partial charge in [0, 0.05) is 0 Å². The standard InChI is InChI=1S/C14H10N2.C8H9.ClH.Fe.H3N/c1-2-12-8-7-11-6-5-10-4-3-9-15-13(10)14(11)16-12;1-7-4-3-5-8(2)6-7;;;/h3-9H,1H3;3-4,6H,1-2H3;1H;;1H3/q;-1;;+1;. The van der Waals surface area contributed by atoms with Crippen molar-refractivity contribution in [3.63, 3.8) is 0 Å². The summed E-state index contributed by atoms with van der Waals surface area (Å²) in [5, 5.41) is 2.23. The van der Waals surface area contributed by atoms with Crippen LogP contribution in [0.4, 0.5) is 0 Å². The van der Waals surface area contributed by atoms with E-state index in [0.29, 0.717) is 0 Å². The van der Waals surface area contributed by atoms with Crippen LogP contribution in [0.25, 0.3) is 21.8 Å². The van der Waals surface area contributed by atoms with E-state index >= 15 is 0 Å². The molecule has 2 aromatic carbocycles. The summed E-state index contributed by atoms with van der Waals surface area (Å²) in [5.74, 6) is 0. The van der Waals surface area contributed by atoms with Crippen LogP contribution >= 0.6 is 12.4 Å². The second-order valence-electron chi connectivity index (χ2n) is 5.97. The van der Waals surface area contributed by atoms with Crippen molar-refractivity contribution < 1.29 is 15.6 Å². The van der Waals surface area contributed by atoms with Gasteiger partial charge in [0.25, 0.3) is 0 Å².